The van der Waals surface area contributed by atoms with Crippen LogP contribution in [-0.4, -0.2) is 30.8 Å². The quantitative estimate of drug-likeness (QED) is 0.771. The molecule has 4 heteroatoms. The largest absolute Gasteiger partial charge is 0.496 e. The van der Waals surface area contributed by atoms with E-state index in [0.717, 1.165) is 0 Å². The minimum atomic E-state index is -0.552. The zero-order valence-corrected chi connectivity index (χ0v) is 8.86. The van der Waals surface area contributed by atoms with Crippen molar-refractivity contribution < 1.29 is 14.6 Å². The van der Waals surface area contributed by atoms with Crippen LogP contribution in [-0.2, 0) is 0 Å². The lowest BCUT2D eigenvalue weighted by Crippen LogP contribution is -2.30. The maximum atomic E-state index is 11.6. The summed E-state index contributed by atoms with van der Waals surface area (Å²) in [5, 5.41) is 11.6. The van der Waals surface area contributed by atoms with Gasteiger partial charge in [-0.2, -0.15) is 0 Å². The van der Waals surface area contributed by atoms with Gasteiger partial charge in [0.25, 0.3) is 5.91 Å². The van der Waals surface area contributed by atoms with E-state index in [1.54, 1.807) is 31.2 Å². The van der Waals surface area contributed by atoms with Gasteiger partial charge in [0.1, 0.15) is 5.75 Å². The topological polar surface area (TPSA) is 58.6 Å². The fourth-order valence-corrected chi connectivity index (χ4v) is 1.17. The van der Waals surface area contributed by atoms with E-state index < -0.39 is 6.10 Å². The van der Waals surface area contributed by atoms with Crippen LogP contribution >= 0.6 is 0 Å². The molecule has 1 aromatic rings. The molecule has 1 rings (SSSR count). The van der Waals surface area contributed by atoms with E-state index in [9.17, 15) is 4.79 Å². The number of carbonyl (C=O) groups is 1. The summed E-state index contributed by atoms with van der Waals surface area (Å²) < 4.78 is 5.05. The van der Waals surface area contributed by atoms with Crippen LogP contribution in [0.3, 0.4) is 0 Å². The van der Waals surface area contributed by atoms with Gasteiger partial charge in [-0.3, -0.25) is 4.79 Å². The van der Waals surface area contributed by atoms with E-state index in [0.29, 0.717) is 11.3 Å². The van der Waals surface area contributed by atoms with Gasteiger partial charge in [-0.15, -0.1) is 0 Å². The summed E-state index contributed by atoms with van der Waals surface area (Å²) in [5.74, 6) is 0.286. The molecule has 1 atom stereocenters. The molecule has 0 saturated heterocycles. The van der Waals surface area contributed by atoms with Crippen LogP contribution in [0.15, 0.2) is 24.3 Å². The number of hydrogen-bond donors (Lipinski definition) is 2. The first-order valence-electron chi connectivity index (χ1n) is 4.74. The highest BCUT2D eigenvalue weighted by Crippen LogP contribution is 2.16. The maximum Gasteiger partial charge on any atom is 0.255 e. The second-order valence-corrected chi connectivity index (χ2v) is 3.26. The van der Waals surface area contributed by atoms with Gasteiger partial charge in [-0.25, -0.2) is 0 Å². The molecule has 82 valence electrons. The van der Waals surface area contributed by atoms with Crippen LogP contribution < -0.4 is 10.1 Å². The predicted octanol–water partition coefficient (Wildman–Crippen LogP) is 0.806. The molecule has 0 saturated carbocycles. The van der Waals surface area contributed by atoms with Crippen molar-refractivity contribution in [2.75, 3.05) is 13.7 Å². The third-order valence-electron chi connectivity index (χ3n) is 1.91. The fraction of sp³-hybridized carbons (Fsp3) is 0.364. The number of benzene rings is 1. The zero-order chi connectivity index (χ0) is 11.3. The summed E-state index contributed by atoms with van der Waals surface area (Å²) in [6, 6.07) is 6.96. The van der Waals surface area contributed by atoms with Crippen LogP contribution in [0.5, 0.6) is 5.75 Å². The molecule has 0 aromatic heterocycles. The van der Waals surface area contributed by atoms with Gasteiger partial charge < -0.3 is 15.2 Å². The van der Waals surface area contributed by atoms with Crippen molar-refractivity contribution in [1.29, 1.82) is 0 Å². The van der Waals surface area contributed by atoms with E-state index in [4.69, 9.17) is 9.84 Å². The van der Waals surface area contributed by atoms with E-state index in [1.807, 2.05) is 0 Å². The minimum absolute atomic E-state index is 0.233. The fourth-order valence-electron chi connectivity index (χ4n) is 1.17. The molecule has 1 amide bonds. The van der Waals surface area contributed by atoms with Crippen LogP contribution in [0, 0.1) is 0 Å². The van der Waals surface area contributed by atoms with Crippen molar-refractivity contribution in [3.8, 4) is 5.75 Å². The number of hydrogen-bond acceptors (Lipinski definition) is 3. The summed E-state index contributed by atoms with van der Waals surface area (Å²) in [4.78, 5) is 11.6. The Morgan fingerprint density at radius 2 is 2.20 bits per heavy atom. The lowest BCUT2D eigenvalue weighted by Gasteiger charge is -2.09. The summed E-state index contributed by atoms with van der Waals surface area (Å²) in [5.41, 5.74) is 0.473. The number of ether oxygens (including phenoxy) is 1. The van der Waals surface area contributed by atoms with Gasteiger partial charge >= 0.3 is 0 Å². The van der Waals surface area contributed by atoms with Gasteiger partial charge in [0.2, 0.25) is 0 Å². The molecule has 0 aliphatic carbocycles. The molecule has 4 nitrogen and oxygen atoms in total. The van der Waals surface area contributed by atoms with Crippen LogP contribution in [0.2, 0.25) is 0 Å². The second-order valence-electron chi connectivity index (χ2n) is 3.26. The number of aliphatic hydroxyl groups excluding tert-OH is 1. The average molecular weight is 209 g/mol. The molecule has 0 bridgehead atoms. The molecule has 15 heavy (non-hydrogen) atoms. The third-order valence-corrected chi connectivity index (χ3v) is 1.91. The Hall–Kier alpha value is -1.55. The van der Waals surface area contributed by atoms with Crippen molar-refractivity contribution in [2.24, 2.45) is 0 Å². The number of nitrogens with one attached hydrogen (secondary N) is 1. The van der Waals surface area contributed by atoms with Gasteiger partial charge in [0, 0.05) is 6.54 Å². The number of methoxy groups -OCH3 is 1. The molecular formula is C11H15NO3. The Bertz CT molecular complexity index is 336. The van der Waals surface area contributed by atoms with Gasteiger partial charge in [-0.1, -0.05) is 12.1 Å². The summed E-state index contributed by atoms with van der Waals surface area (Å²) in [6.07, 6.45) is -0.552. The minimum Gasteiger partial charge on any atom is -0.496 e. The first-order chi connectivity index (χ1) is 7.15. The number of rotatable bonds is 4. The molecule has 0 aliphatic rings. The molecule has 2 N–H and O–H groups in total. The highest BCUT2D eigenvalue weighted by atomic mass is 16.5. The normalized spacial score (nSPS) is 11.9. The van der Waals surface area contributed by atoms with E-state index >= 15 is 0 Å². The van der Waals surface area contributed by atoms with Gasteiger partial charge in [0.05, 0.1) is 18.8 Å². The molecule has 1 aromatic carbocycles. The number of carbonyl (C=O) groups excluding carboxylic acids is 1. The van der Waals surface area contributed by atoms with Gasteiger partial charge in [0.15, 0.2) is 0 Å². The van der Waals surface area contributed by atoms with Crippen molar-refractivity contribution in [1.82, 2.24) is 5.32 Å². The lowest BCUT2D eigenvalue weighted by atomic mass is 10.2. The SMILES string of the molecule is COc1ccccc1C(=O)NC[C@H](C)O. The molecule has 0 aliphatic heterocycles. The van der Waals surface area contributed by atoms with Crippen molar-refractivity contribution in [3.63, 3.8) is 0 Å². The zero-order valence-electron chi connectivity index (χ0n) is 8.86. The van der Waals surface area contributed by atoms with Crippen molar-refractivity contribution >= 4 is 5.91 Å². The Morgan fingerprint density at radius 3 is 2.80 bits per heavy atom. The Labute approximate surface area is 88.9 Å². The molecule has 0 unspecified atom stereocenters. The van der Waals surface area contributed by atoms with E-state index in [1.165, 1.54) is 7.11 Å². The lowest BCUT2D eigenvalue weighted by molar-refractivity contribution is 0.0921. The summed E-state index contributed by atoms with van der Waals surface area (Å²) >= 11 is 0. The number of para-hydroxylation sites is 1. The van der Waals surface area contributed by atoms with E-state index in [-0.39, 0.29) is 12.5 Å². The van der Waals surface area contributed by atoms with Crippen molar-refractivity contribution in [3.05, 3.63) is 29.8 Å². The highest BCUT2D eigenvalue weighted by molar-refractivity contribution is 5.96. The standard InChI is InChI=1S/C11H15NO3/c1-8(13)7-12-11(14)9-5-3-4-6-10(9)15-2/h3-6,8,13H,7H2,1-2H3,(H,12,14)/t8-/m0/s1. The van der Waals surface area contributed by atoms with Gasteiger partial charge in [-0.05, 0) is 19.1 Å². The smallest absolute Gasteiger partial charge is 0.255 e. The monoisotopic (exact) mass is 209 g/mol. The summed E-state index contributed by atoms with van der Waals surface area (Å²) in [6.45, 7) is 1.85. The number of amides is 1. The van der Waals surface area contributed by atoms with Crippen LogP contribution in [0.4, 0.5) is 0 Å². The molecule has 0 heterocycles. The highest BCUT2D eigenvalue weighted by Gasteiger charge is 2.10. The Balaban J connectivity index is 2.72. The average Bonchev–Trinajstić information content (AvgIpc) is 2.25. The third kappa shape index (κ3) is 3.25. The Kier molecular flexibility index (Phi) is 4.12. The maximum absolute atomic E-state index is 11.6. The van der Waals surface area contributed by atoms with Crippen molar-refractivity contribution in [2.45, 2.75) is 13.0 Å². The summed E-state index contributed by atoms with van der Waals surface area (Å²) in [7, 11) is 1.51. The predicted molar refractivity (Wildman–Crippen MR) is 57.0 cm³/mol. The molecular weight excluding hydrogens is 194 g/mol. The second kappa shape index (κ2) is 5.36. The van der Waals surface area contributed by atoms with Crippen LogP contribution in [0.25, 0.3) is 0 Å². The van der Waals surface area contributed by atoms with Crippen LogP contribution in [0.1, 0.15) is 17.3 Å². The number of aliphatic hydroxyl groups is 1. The first-order valence-corrected chi connectivity index (χ1v) is 4.74. The molecule has 0 radical (unpaired) electrons. The first kappa shape index (κ1) is 11.5. The molecule has 0 fully saturated rings. The Morgan fingerprint density at radius 1 is 1.53 bits per heavy atom. The van der Waals surface area contributed by atoms with E-state index in [2.05, 4.69) is 5.32 Å². The molecule has 0 spiro atoms.